The molecule has 0 bridgehead atoms. The summed E-state index contributed by atoms with van der Waals surface area (Å²) in [6, 6.07) is 20.1. The summed E-state index contributed by atoms with van der Waals surface area (Å²) in [5.41, 5.74) is 9.76. The molecule has 0 atom stereocenters. The van der Waals surface area contributed by atoms with Crippen molar-refractivity contribution in [2.24, 2.45) is 11.7 Å². The Balaban J connectivity index is 1.29. The summed E-state index contributed by atoms with van der Waals surface area (Å²) in [4.78, 5) is 26.9. The number of nitrogens with zero attached hydrogens (tertiary/aromatic N) is 3. The second-order valence-electron chi connectivity index (χ2n) is 12.2. The van der Waals surface area contributed by atoms with E-state index in [1.807, 2.05) is 79.4 Å². The molecule has 8 heteroatoms. The Bertz CT molecular complexity index is 1370. The lowest BCUT2D eigenvalue weighted by Crippen LogP contribution is -2.58. The maximum absolute atomic E-state index is 13.0. The summed E-state index contributed by atoms with van der Waals surface area (Å²) in [6.45, 7) is 6.19. The highest BCUT2D eigenvalue weighted by Crippen LogP contribution is 2.46. The van der Waals surface area contributed by atoms with Gasteiger partial charge < -0.3 is 21.1 Å². The number of carbonyl (C=O) groups is 2. The molecule has 2 saturated carbocycles. The fraction of sp³-hybridized carbons (Fsp3) is 0.455. The molecule has 216 valence electrons. The van der Waals surface area contributed by atoms with Gasteiger partial charge in [0.25, 0.3) is 0 Å². The summed E-state index contributed by atoms with van der Waals surface area (Å²) in [5.74, 6) is 0.773. The van der Waals surface area contributed by atoms with Crippen molar-refractivity contribution in [2.45, 2.75) is 82.9 Å². The highest BCUT2D eigenvalue weighted by molar-refractivity contribution is 5.91. The lowest BCUT2D eigenvalue weighted by molar-refractivity contribution is -0.132. The zero-order valence-electron chi connectivity index (χ0n) is 24.3. The van der Waals surface area contributed by atoms with Crippen LogP contribution >= 0.6 is 0 Å². The van der Waals surface area contributed by atoms with Crippen LogP contribution in [0.5, 0.6) is 0 Å². The lowest BCUT2D eigenvalue weighted by atomic mass is 9.63. The lowest BCUT2D eigenvalue weighted by Gasteiger charge is -2.49. The van der Waals surface area contributed by atoms with Crippen molar-refractivity contribution in [3.63, 3.8) is 0 Å². The molecule has 0 saturated heterocycles. The van der Waals surface area contributed by atoms with Gasteiger partial charge in [-0.3, -0.25) is 9.59 Å². The molecule has 0 spiro atoms. The quantitative estimate of drug-likeness (QED) is 0.348. The predicted molar refractivity (Wildman–Crippen MR) is 161 cm³/mol. The summed E-state index contributed by atoms with van der Waals surface area (Å²) in [5, 5.41) is 22.1. The van der Waals surface area contributed by atoms with E-state index >= 15 is 0 Å². The molecule has 1 aromatic heterocycles. The number of hydrogen-bond acceptors (Lipinski definition) is 6. The van der Waals surface area contributed by atoms with Crippen LogP contribution in [0.15, 0.2) is 60.7 Å². The van der Waals surface area contributed by atoms with Gasteiger partial charge in [0.15, 0.2) is 5.82 Å². The van der Waals surface area contributed by atoms with E-state index in [2.05, 4.69) is 15.5 Å². The minimum Gasteiger partial charge on any atom is -0.390 e. The van der Waals surface area contributed by atoms with E-state index in [1.54, 1.807) is 6.92 Å². The Morgan fingerprint density at radius 3 is 2.24 bits per heavy atom. The zero-order valence-corrected chi connectivity index (χ0v) is 24.3. The molecule has 5 rings (SSSR count). The third kappa shape index (κ3) is 6.49. The van der Waals surface area contributed by atoms with Gasteiger partial charge in [0.1, 0.15) is 5.69 Å². The first-order valence-corrected chi connectivity index (χ1v) is 14.7. The average molecular weight is 556 g/mol. The van der Waals surface area contributed by atoms with Crippen LogP contribution < -0.4 is 11.1 Å². The fourth-order valence-electron chi connectivity index (χ4n) is 6.83. The Kier molecular flexibility index (Phi) is 8.25. The number of carbonyl (C=O) groups excluding carboxylic acids is 2. The standard InChI is InChI=1S/C33H41N5O3/c1-4-38(22(2)39)27-16-10-23(11-17-27)18-30(40)35-29-19-28(24-8-6-5-7-9-24)31(37-36-29)25-12-14-26(15-13-25)33(34)20-32(3,41)21-33/h5-9,12-15,19,23,27,41H,4,10-11,16-18,20-21,34H2,1-3H3,(H,35,36,40)/t23-,27-,32-,33-. The number of aromatic nitrogens is 2. The third-order valence-electron chi connectivity index (χ3n) is 8.75. The third-order valence-corrected chi connectivity index (χ3v) is 8.75. The molecule has 41 heavy (non-hydrogen) atoms. The summed E-state index contributed by atoms with van der Waals surface area (Å²) < 4.78 is 0. The highest BCUT2D eigenvalue weighted by Gasteiger charge is 2.49. The van der Waals surface area contributed by atoms with E-state index in [9.17, 15) is 14.7 Å². The minimum atomic E-state index is -0.717. The van der Waals surface area contributed by atoms with Crippen LogP contribution in [0.2, 0.25) is 0 Å². The van der Waals surface area contributed by atoms with Gasteiger partial charge in [-0.2, -0.15) is 0 Å². The number of nitrogens with two attached hydrogens (primary N) is 1. The van der Waals surface area contributed by atoms with Crippen molar-refractivity contribution in [1.82, 2.24) is 15.1 Å². The first kappa shape index (κ1) is 28.9. The van der Waals surface area contributed by atoms with Gasteiger partial charge in [0, 0.05) is 42.6 Å². The van der Waals surface area contributed by atoms with Gasteiger partial charge in [-0.15, -0.1) is 10.2 Å². The Hall–Kier alpha value is -3.62. The highest BCUT2D eigenvalue weighted by atomic mass is 16.3. The minimum absolute atomic E-state index is 0.0672. The molecule has 0 aliphatic heterocycles. The van der Waals surface area contributed by atoms with Crippen molar-refractivity contribution in [1.29, 1.82) is 0 Å². The van der Waals surface area contributed by atoms with Crippen LogP contribution in [0, 0.1) is 5.92 Å². The van der Waals surface area contributed by atoms with Gasteiger partial charge in [-0.05, 0) is 75.5 Å². The molecule has 2 aliphatic carbocycles. The van der Waals surface area contributed by atoms with Gasteiger partial charge in [-0.25, -0.2) is 0 Å². The fourth-order valence-corrected chi connectivity index (χ4v) is 6.83. The number of rotatable bonds is 8. The Morgan fingerprint density at radius 1 is 1.00 bits per heavy atom. The predicted octanol–water partition coefficient (Wildman–Crippen LogP) is 5.27. The smallest absolute Gasteiger partial charge is 0.225 e. The van der Waals surface area contributed by atoms with E-state index in [4.69, 9.17) is 5.73 Å². The summed E-state index contributed by atoms with van der Waals surface area (Å²) in [6.07, 6.45) is 5.21. The molecule has 2 fully saturated rings. The van der Waals surface area contributed by atoms with Crippen LogP contribution in [0.3, 0.4) is 0 Å². The van der Waals surface area contributed by atoms with Gasteiger partial charge in [-0.1, -0.05) is 54.6 Å². The van der Waals surface area contributed by atoms with Crippen LogP contribution in [-0.2, 0) is 15.1 Å². The maximum Gasteiger partial charge on any atom is 0.225 e. The number of amides is 2. The van der Waals surface area contributed by atoms with Crippen molar-refractivity contribution in [2.75, 3.05) is 11.9 Å². The largest absolute Gasteiger partial charge is 0.390 e. The van der Waals surface area contributed by atoms with Gasteiger partial charge in [0.2, 0.25) is 11.8 Å². The Labute approximate surface area is 242 Å². The van der Waals surface area contributed by atoms with Crippen LogP contribution in [-0.4, -0.2) is 50.2 Å². The van der Waals surface area contributed by atoms with Crippen LogP contribution in [0.25, 0.3) is 22.4 Å². The maximum atomic E-state index is 13.0. The molecule has 8 nitrogen and oxygen atoms in total. The first-order valence-electron chi connectivity index (χ1n) is 14.7. The van der Waals surface area contributed by atoms with Crippen molar-refractivity contribution in [3.05, 3.63) is 66.2 Å². The molecule has 3 aromatic rings. The monoisotopic (exact) mass is 555 g/mol. The molecule has 2 aliphatic rings. The topological polar surface area (TPSA) is 121 Å². The molecule has 4 N–H and O–H groups in total. The second-order valence-corrected chi connectivity index (χ2v) is 12.2. The normalized spacial score (nSPS) is 25.7. The Morgan fingerprint density at radius 2 is 1.66 bits per heavy atom. The molecule has 2 amide bonds. The van der Waals surface area contributed by atoms with E-state index in [1.165, 1.54) is 0 Å². The molecule has 0 unspecified atom stereocenters. The number of benzene rings is 2. The van der Waals surface area contributed by atoms with Crippen molar-refractivity contribution < 1.29 is 14.7 Å². The summed E-state index contributed by atoms with van der Waals surface area (Å²) in [7, 11) is 0. The van der Waals surface area contributed by atoms with Gasteiger partial charge in [0.05, 0.1) is 5.60 Å². The second kappa shape index (κ2) is 11.7. The molecular formula is C33H41N5O3. The van der Waals surface area contributed by atoms with Crippen LogP contribution in [0.1, 0.15) is 71.3 Å². The van der Waals surface area contributed by atoms with E-state index < -0.39 is 11.1 Å². The van der Waals surface area contributed by atoms with E-state index in [0.717, 1.165) is 60.2 Å². The molecule has 2 aromatic carbocycles. The molecule has 1 heterocycles. The number of nitrogens with one attached hydrogen (secondary N) is 1. The first-order chi connectivity index (χ1) is 19.6. The van der Waals surface area contributed by atoms with Gasteiger partial charge >= 0.3 is 0 Å². The molecular weight excluding hydrogens is 514 g/mol. The van der Waals surface area contributed by atoms with Crippen molar-refractivity contribution >= 4 is 17.6 Å². The number of anilines is 1. The molecule has 0 radical (unpaired) electrons. The number of hydrogen-bond donors (Lipinski definition) is 3. The van der Waals surface area contributed by atoms with E-state index in [-0.39, 0.29) is 17.9 Å². The van der Waals surface area contributed by atoms with Crippen LogP contribution in [0.4, 0.5) is 5.82 Å². The zero-order chi connectivity index (χ0) is 29.2. The summed E-state index contributed by atoms with van der Waals surface area (Å²) >= 11 is 0. The van der Waals surface area contributed by atoms with Crippen molar-refractivity contribution in [3.8, 4) is 22.4 Å². The SMILES string of the molecule is CCN(C(C)=O)[C@H]1CC[C@H](CC(=O)Nc2cc(-c3ccccc3)c(-c3ccc([C@]4(N)C[C@](C)(O)C4)cc3)nn2)CC1. The average Bonchev–Trinajstić information content (AvgIpc) is 2.93. The van der Waals surface area contributed by atoms with E-state index in [0.29, 0.717) is 31.0 Å². The number of aliphatic hydroxyl groups is 1.